The molecular formula is C13H9F3N4. The number of alkyl halides is 3. The van der Waals surface area contributed by atoms with Gasteiger partial charge in [-0.05, 0) is 18.2 Å². The van der Waals surface area contributed by atoms with E-state index in [1.54, 1.807) is 18.2 Å². The van der Waals surface area contributed by atoms with Crippen LogP contribution in [0.15, 0.2) is 42.6 Å². The zero-order valence-electron chi connectivity index (χ0n) is 10.1. The second kappa shape index (κ2) is 4.22. The van der Waals surface area contributed by atoms with Gasteiger partial charge in [0, 0.05) is 17.8 Å². The molecule has 4 nitrogen and oxygen atoms in total. The van der Waals surface area contributed by atoms with Crippen molar-refractivity contribution in [1.29, 1.82) is 0 Å². The fourth-order valence-corrected chi connectivity index (χ4v) is 1.91. The Hall–Kier alpha value is -2.57. The molecule has 3 aromatic rings. The van der Waals surface area contributed by atoms with Crippen LogP contribution >= 0.6 is 0 Å². The maximum atomic E-state index is 12.7. The van der Waals surface area contributed by atoms with Gasteiger partial charge in [-0.3, -0.25) is 0 Å². The van der Waals surface area contributed by atoms with E-state index in [1.807, 2.05) is 0 Å². The molecule has 2 heterocycles. The Balaban J connectivity index is 2.14. The van der Waals surface area contributed by atoms with Crippen molar-refractivity contribution in [3.8, 4) is 11.3 Å². The summed E-state index contributed by atoms with van der Waals surface area (Å²) in [5, 5.41) is 4.17. The van der Waals surface area contributed by atoms with E-state index < -0.39 is 11.7 Å². The van der Waals surface area contributed by atoms with Gasteiger partial charge in [-0.25, -0.2) is 4.98 Å². The summed E-state index contributed by atoms with van der Waals surface area (Å²) in [7, 11) is 0. The van der Waals surface area contributed by atoms with Crippen LogP contribution in [-0.2, 0) is 6.18 Å². The number of hydrogen-bond donors (Lipinski definition) is 1. The van der Waals surface area contributed by atoms with Crippen LogP contribution in [-0.4, -0.2) is 14.6 Å². The average molecular weight is 278 g/mol. The highest BCUT2D eigenvalue weighted by Crippen LogP contribution is 2.32. The quantitative estimate of drug-likeness (QED) is 0.744. The number of benzene rings is 1. The molecule has 0 bridgehead atoms. The summed E-state index contributed by atoms with van der Waals surface area (Å²) in [6.45, 7) is 0. The van der Waals surface area contributed by atoms with Crippen LogP contribution in [0.2, 0.25) is 0 Å². The molecule has 102 valence electrons. The molecule has 0 aliphatic rings. The molecule has 0 atom stereocenters. The minimum Gasteiger partial charge on any atom is -0.384 e. The van der Waals surface area contributed by atoms with Crippen molar-refractivity contribution in [2.45, 2.75) is 6.18 Å². The number of hydrogen-bond acceptors (Lipinski definition) is 3. The highest BCUT2D eigenvalue weighted by atomic mass is 19.4. The topological polar surface area (TPSA) is 56.2 Å². The molecule has 1 aromatic carbocycles. The van der Waals surface area contributed by atoms with E-state index in [-0.39, 0.29) is 0 Å². The molecule has 7 heteroatoms. The van der Waals surface area contributed by atoms with Crippen LogP contribution < -0.4 is 5.73 Å². The third-order valence-corrected chi connectivity index (χ3v) is 2.87. The van der Waals surface area contributed by atoms with Gasteiger partial charge in [0.2, 0.25) is 0 Å². The number of fused-ring (bicyclic) bond motifs is 1. The van der Waals surface area contributed by atoms with Gasteiger partial charge in [-0.1, -0.05) is 12.1 Å². The zero-order chi connectivity index (χ0) is 14.3. The molecule has 20 heavy (non-hydrogen) atoms. The van der Waals surface area contributed by atoms with Gasteiger partial charge >= 0.3 is 6.18 Å². The summed E-state index contributed by atoms with van der Waals surface area (Å²) < 4.78 is 39.5. The van der Waals surface area contributed by atoms with Crippen molar-refractivity contribution in [2.75, 3.05) is 5.73 Å². The second-order valence-electron chi connectivity index (χ2n) is 4.25. The molecule has 0 unspecified atom stereocenters. The Morgan fingerprint density at radius 2 is 1.90 bits per heavy atom. The minimum absolute atomic E-state index is 0.365. The van der Waals surface area contributed by atoms with E-state index in [0.717, 1.165) is 12.1 Å². The molecule has 0 amide bonds. The summed E-state index contributed by atoms with van der Waals surface area (Å²) >= 11 is 0. The Labute approximate surface area is 111 Å². The second-order valence-corrected chi connectivity index (χ2v) is 4.25. The monoisotopic (exact) mass is 278 g/mol. The molecule has 0 saturated heterocycles. The molecular weight excluding hydrogens is 269 g/mol. The molecule has 0 fully saturated rings. The number of halogens is 3. The molecule has 0 aliphatic heterocycles. The molecule has 0 saturated carbocycles. The van der Waals surface area contributed by atoms with Crippen LogP contribution in [0.25, 0.3) is 16.9 Å². The number of rotatable bonds is 1. The normalized spacial score (nSPS) is 11.9. The van der Waals surface area contributed by atoms with Gasteiger partial charge in [-0.2, -0.15) is 22.8 Å². The van der Waals surface area contributed by atoms with Crippen molar-refractivity contribution in [3.05, 3.63) is 48.2 Å². The number of nitrogen functional groups attached to an aromatic ring is 1. The maximum Gasteiger partial charge on any atom is 0.416 e. The lowest BCUT2D eigenvalue weighted by molar-refractivity contribution is -0.137. The standard InChI is InChI=1S/C13H9F3N4/c14-13(15,16)9-3-1-2-8(6-9)10-7-12-18-5-4-11(17)20(12)19-10/h1-7H,17H2. The van der Waals surface area contributed by atoms with Crippen LogP contribution in [0.4, 0.5) is 19.0 Å². The third-order valence-electron chi connectivity index (χ3n) is 2.87. The summed E-state index contributed by atoms with van der Waals surface area (Å²) in [6.07, 6.45) is -2.87. The summed E-state index contributed by atoms with van der Waals surface area (Å²) in [6, 6.07) is 8.14. The van der Waals surface area contributed by atoms with Crippen molar-refractivity contribution in [3.63, 3.8) is 0 Å². The first-order valence-corrected chi connectivity index (χ1v) is 5.73. The lowest BCUT2D eigenvalue weighted by Crippen LogP contribution is -2.04. The Morgan fingerprint density at radius 1 is 1.10 bits per heavy atom. The van der Waals surface area contributed by atoms with Gasteiger partial charge < -0.3 is 5.73 Å². The molecule has 2 aromatic heterocycles. The molecule has 0 aliphatic carbocycles. The smallest absolute Gasteiger partial charge is 0.384 e. The maximum absolute atomic E-state index is 12.7. The molecule has 3 rings (SSSR count). The lowest BCUT2D eigenvalue weighted by Gasteiger charge is -2.07. The number of nitrogens with zero attached hydrogens (tertiary/aromatic N) is 3. The van der Waals surface area contributed by atoms with E-state index in [9.17, 15) is 13.2 Å². The van der Waals surface area contributed by atoms with Crippen molar-refractivity contribution in [2.24, 2.45) is 0 Å². The van der Waals surface area contributed by atoms with Gasteiger partial charge in [0.15, 0.2) is 5.65 Å². The summed E-state index contributed by atoms with van der Waals surface area (Å²) in [5.41, 5.74) is 6.25. The molecule has 0 radical (unpaired) electrons. The van der Waals surface area contributed by atoms with Crippen LogP contribution in [0, 0.1) is 0 Å². The largest absolute Gasteiger partial charge is 0.416 e. The SMILES string of the molecule is Nc1ccnc2cc(-c3cccc(C(F)(F)F)c3)nn12. The van der Waals surface area contributed by atoms with Crippen molar-refractivity contribution in [1.82, 2.24) is 14.6 Å². The Kier molecular flexibility index (Phi) is 2.63. The van der Waals surface area contributed by atoms with Crippen LogP contribution in [0.3, 0.4) is 0 Å². The number of anilines is 1. The van der Waals surface area contributed by atoms with Crippen molar-refractivity contribution >= 4 is 11.5 Å². The Morgan fingerprint density at radius 3 is 2.60 bits per heavy atom. The van der Waals surface area contributed by atoms with E-state index >= 15 is 0 Å². The lowest BCUT2D eigenvalue weighted by atomic mass is 10.1. The first-order valence-electron chi connectivity index (χ1n) is 5.73. The van der Waals surface area contributed by atoms with E-state index in [2.05, 4.69) is 10.1 Å². The van der Waals surface area contributed by atoms with Gasteiger partial charge in [0.05, 0.1) is 11.3 Å². The van der Waals surface area contributed by atoms with Gasteiger partial charge in [0.1, 0.15) is 5.82 Å². The Bertz CT molecular complexity index is 777. The number of nitrogens with two attached hydrogens (primary N) is 1. The van der Waals surface area contributed by atoms with Crippen LogP contribution in [0.1, 0.15) is 5.56 Å². The highest BCUT2D eigenvalue weighted by Gasteiger charge is 2.30. The van der Waals surface area contributed by atoms with Gasteiger partial charge in [0.25, 0.3) is 0 Å². The van der Waals surface area contributed by atoms with Gasteiger partial charge in [-0.15, -0.1) is 0 Å². The van der Waals surface area contributed by atoms with Crippen LogP contribution in [0.5, 0.6) is 0 Å². The number of aromatic nitrogens is 3. The summed E-state index contributed by atoms with van der Waals surface area (Å²) in [5.74, 6) is 0.369. The fraction of sp³-hybridized carbons (Fsp3) is 0.0769. The third kappa shape index (κ3) is 2.07. The van der Waals surface area contributed by atoms with E-state index in [4.69, 9.17) is 5.73 Å². The fourth-order valence-electron chi connectivity index (χ4n) is 1.91. The minimum atomic E-state index is -4.38. The predicted molar refractivity (Wildman–Crippen MR) is 67.8 cm³/mol. The first-order chi connectivity index (χ1) is 9.45. The highest BCUT2D eigenvalue weighted by molar-refractivity contribution is 5.65. The molecule has 2 N–H and O–H groups in total. The molecule has 0 spiro atoms. The first kappa shape index (κ1) is 12.5. The van der Waals surface area contributed by atoms with Crippen molar-refractivity contribution < 1.29 is 13.2 Å². The van der Waals surface area contributed by atoms with E-state index in [1.165, 1.54) is 16.8 Å². The average Bonchev–Trinajstić information content (AvgIpc) is 2.83. The summed E-state index contributed by atoms with van der Waals surface area (Å²) in [4.78, 5) is 4.06. The van der Waals surface area contributed by atoms with E-state index in [0.29, 0.717) is 22.7 Å². The zero-order valence-corrected chi connectivity index (χ0v) is 10.1. The predicted octanol–water partition coefficient (Wildman–Crippen LogP) is 3.00.